The third-order valence-electron chi connectivity index (χ3n) is 1.50. The van der Waals surface area contributed by atoms with Crippen molar-refractivity contribution in [3.8, 4) is 12.3 Å². The van der Waals surface area contributed by atoms with Gasteiger partial charge in [0.1, 0.15) is 5.82 Å². The SMILES string of the molecule is C#Cc1cc(C(=O)OC)cnc1N. The van der Waals surface area contributed by atoms with Crippen molar-refractivity contribution in [1.29, 1.82) is 0 Å². The van der Waals surface area contributed by atoms with Crippen molar-refractivity contribution in [3.63, 3.8) is 0 Å². The first kappa shape index (κ1) is 9.07. The molecule has 1 rings (SSSR count). The molecule has 0 aromatic carbocycles. The van der Waals surface area contributed by atoms with E-state index in [2.05, 4.69) is 15.6 Å². The lowest BCUT2D eigenvalue weighted by atomic mass is 10.2. The fourth-order valence-corrected chi connectivity index (χ4v) is 0.820. The van der Waals surface area contributed by atoms with Gasteiger partial charge >= 0.3 is 5.97 Å². The van der Waals surface area contributed by atoms with Crippen LogP contribution in [0.4, 0.5) is 5.82 Å². The lowest BCUT2D eigenvalue weighted by molar-refractivity contribution is 0.0600. The molecule has 0 aliphatic rings. The summed E-state index contributed by atoms with van der Waals surface area (Å²) in [6.45, 7) is 0. The smallest absolute Gasteiger partial charge is 0.339 e. The van der Waals surface area contributed by atoms with E-state index in [0.717, 1.165) is 0 Å². The standard InChI is InChI=1S/C9H8N2O2/c1-3-6-4-7(9(12)13-2)5-11-8(6)10/h1,4-5H,2H3,(H2,10,11). The number of carbonyl (C=O) groups excluding carboxylic acids is 1. The maximum Gasteiger partial charge on any atom is 0.339 e. The van der Waals surface area contributed by atoms with Crippen LogP contribution in [0.3, 0.4) is 0 Å². The zero-order chi connectivity index (χ0) is 9.84. The van der Waals surface area contributed by atoms with Crippen LogP contribution in [0.5, 0.6) is 0 Å². The molecule has 0 atom stereocenters. The quantitative estimate of drug-likeness (QED) is 0.498. The second-order valence-electron chi connectivity index (χ2n) is 2.29. The minimum absolute atomic E-state index is 0.232. The van der Waals surface area contributed by atoms with Crippen molar-refractivity contribution in [2.45, 2.75) is 0 Å². The van der Waals surface area contributed by atoms with E-state index in [-0.39, 0.29) is 5.82 Å². The average Bonchev–Trinajstić information content (AvgIpc) is 2.17. The van der Waals surface area contributed by atoms with Gasteiger partial charge in [0.25, 0.3) is 0 Å². The van der Waals surface area contributed by atoms with Gasteiger partial charge in [-0.1, -0.05) is 5.92 Å². The van der Waals surface area contributed by atoms with Crippen molar-refractivity contribution < 1.29 is 9.53 Å². The summed E-state index contributed by atoms with van der Waals surface area (Å²) >= 11 is 0. The summed E-state index contributed by atoms with van der Waals surface area (Å²) < 4.78 is 4.49. The molecule has 0 bridgehead atoms. The van der Waals surface area contributed by atoms with Gasteiger partial charge in [0, 0.05) is 6.20 Å². The van der Waals surface area contributed by atoms with Crippen molar-refractivity contribution in [2.75, 3.05) is 12.8 Å². The van der Waals surface area contributed by atoms with Gasteiger partial charge in [-0.25, -0.2) is 9.78 Å². The normalized spacial score (nSPS) is 8.92. The van der Waals surface area contributed by atoms with Gasteiger partial charge in [0.05, 0.1) is 18.2 Å². The number of nitrogens with two attached hydrogens (primary N) is 1. The molecule has 13 heavy (non-hydrogen) atoms. The summed E-state index contributed by atoms with van der Waals surface area (Å²) in [5, 5.41) is 0. The highest BCUT2D eigenvalue weighted by Crippen LogP contribution is 2.09. The summed E-state index contributed by atoms with van der Waals surface area (Å²) in [5.41, 5.74) is 6.12. The summed E-state index contributed by atoms with van der Waals surface area (Å²) in [6.07, 6.45) is 6.46. The number of pyridine rings is 1. The molecule has 4 nitrogen and oxygen atoms in total. The fourth-order valence-electron chi connectivity index (χ4n) is 0.820. The lowest BCUT2D eigenvalue weighted by Gasteiger charge is -2.00. The van der Waals surface area contributed by atoms with Crippen molar-refractivity contribution in [3.05, 3.63) is 23.4 Å². The Kier molecular flexibility index (Phi) is 2.50. The second-order valence-corrected chi connectivity index (χ2v) is 2.29. The Labute approximate surface area is 75.7 Å². The van der Waals surface area contributed by atoms with Gasteiger partial charge in [-0.2, -0.15) is 0 Å². The van der Waals surface area contributed by atoms with E-state index < -0.39 is 5.97 Å². The number of hydrogen-bond acceptors (Lipinski definition) is 4. The summed E-state index contributed by atoms with van der Waals surface area (Å²) in [4.78, 5) is 14.8. The Bertz CT molecular complexity index is 380. The van der Waals surface area contributed by atoms with E-state index in [1.54, 1.807) is 0 Å². The number of nitrogens with zero attached hydrogens (tertiary/aromatic N) is 1. The minimum Gasteiger partial charge on any atom is -0.465 e. The number of anilines is 1. The van der Waals surface area contributed by atoms with Crippen LogP contribution in [-0.4, -0.2) is 18.1 Å². The predicted molar refractivity (Wildman–Crippen MR) is 47.9 cm³/mol. The van der Waals surface area contributed by atoms with Crippen LogP contribution in [0.2, 0.25) is 0 Å². The highest BCUT2D eigenvalue weighted by Gasteiger charge is 2.07. The fraction of sp³-hybridized carbons (Fsp3) is 0.111. The molecule has 0 aliphatic heterocycles. The highest BCUT2D eigenvalue weighted by molar-refractivity contribution is 5.89. The monoisotopic (exact) mass is 176 g/mol. The molecule has 0 unspecified atom stereocenters. The molecule has 66 valence electrons. The summed E-state index contributed by atoms with van der Waals surface area (Å²) in [7, 11) is 1.29. The average molecular weight is 176 g/mol. The minimum atomic E-state index is -0.482. The van der Waals surface area contributed by atoms with Crippen LogP contribution < -0.4 is 5.73 Å². The van der Waals surface area contributed by atoms with E-state index in [0.29, 0.717) is 11.1 Å². The van der Waals surface area contributed by atoms with Gasteiger partial charge in [-0.15, -0.1) is 6.42 Å². The number of terminal acetylenes is 1. The first-order valence-electron chi connectivity index (χ1n) is 3.49. The molecule has 2 N–H and O–H groups in total. The Morgan fingerprint density at radius 3 is 3.00 bits per heavy atom. The van der Waals surface area contributed by atoms with Crippen LogP contribution in [0.25, 0.3) is 0 Å². The lowest BCUT2D eigenvalue weighted by Crippen LogP contribution is -2.04. The van der Waals surface area contributed by atoms with E-state index in [4.69, 9.17) is 12.2 Å². The molecule has 4 heteroatoms. The molecule has 1 aromatic heterocycles. The van der Waals surface area contributed by atoms with Crippen molar-refractivity contribution >= 4 is 11.8 Å². The zero-order valence-electron chi connectivity index (χ0n) is 7.07. The van der Waals surface area contributed by atoms with Crippen LogP contribution in [0.1, 0.15) is 15.9 Å². The van der Waals surface area contributed by atoms with Gasteiger partial charge in [0.15, 0.2) is 0 Å². The van der Waals surface area contributed by atoms with Gasteiger partial charge in [-0.3, -0.25) is 0 Å². The number of rotatable bonds is 1. The molecular weight excluding hydrogens is 168 g/mol. The molecule has 0 fully saturated rings. The molecule has 0 amide bonds. The van der Waals surface area contributed by atoms with Crippen molar-refractivity contribution in [2.24, 2.45) is 0 Å². The van der Waals surface area contributed by atoms with E-state index in [1.165, 1.54) is 19.4 Å². The molecule has 0 spiro atoms. The van der Waals surface area contributed by atoms with Gasteiger partial charge < -0.3 is 10.5 Å². The summed E-state index contributed by atoms with van der Waals surface area (Å²) in [5.74, 6) is 2.07. The molecule has 0 aliphatic carbocycles. The molecule has 0 saturated heterocycles. The van der Waals surface area contributed by atoms with E-state index in [1.807, 2.05) is 0 Å². The predicted octanol–water partition coefficient (Wildman–Crippen LogP) is 0.432. The van der Waals surface area contributed by atoms with E-state index in [9.17, 15) is 4.79 Å². The first-order valence-corrected chi connectivity index (χ1v) is 3.49. The maximum absolute atomic E-state index is 11.0. The molecule has 0 saturated carbocycles. The number of nitrogen functional groups attached to an aromatic ring is 1. The Balaban J connectivity index is 3.15. The van der Waals surface area contributed by atoms with Crippen LogP contribution >= 0.6 is 0 Å². The Morgan fingerprint density at radius 2 is 2.46 bits per heavy atom. The topological polar surface area (TPSA) is 65.2 Å². The van der Waals surface area contributed by atoms with Crippen LogP contribution in [-0.2, 0) is 4.74 Å². The maximum atomic E-state index is 11.0. The molecule has 0 radical (unpaired) electrons. The van der Waals surface area contributed by atoms with Crippen LogP contribution in [0.15, 0.2) is 12.3 Å². The van der Waals surface area contributed by atoms with Crippen molar-refractivity contribution in [1.82, 2.24) is 4.98 Å². The highest BCUT2D eigenvalue weighted by atomic mass is 16.5. The third-order valence-corrected chi connectivity index (χ3v) is 1.50. The zero-order valence-corrected chi connectivity index (χ0v) is 7.07. The second kappa shape index (κ2) is 3.59. The van der Waals surface area contributed by atoms with Gasteiger partial charge in [-0.05, 0) is 6.07 Å². The first-order chi connectivity index (χ1) is 6.19. The number of ether oxygens (including phenoxy) is 1. The Morgan fingerprint density at radius 1 is 1.77 bits per heavy atom. The van der Waals surface area contributed by atoms with Gasteiger partial charge in [0.2, 0.25) is 0 Å². The molecule has 1 aromatic rings. The Hall–Kier alpha value is -2.02. The van der Waals surface area contributed by atoms with E-state index >= 15 is 0 Å². The number of aromatic nitrogens is 1. The molecular formula is C9H8N2O2. The number of carbonyl (C=O) groups is 1. The number of esters is 1. The van der Waals surface area contributed by atoms with Crippen LogP contribution in [0, 0.1) is 12.3 Å². The number of hydrogen-bond donors (Lipinski definition) is 1. The largest absolute Gasteiger partial charge is 0.465 e. The number of methoxy groups -OCH3 is 1. The molecule has 1 heterocycles. The third kappa shape index (κ3) is 1.76. The summed E-state index contributed by atoms with van der Waals surface area (Å²) in [6, 6.07) is 1.47.